The second-order valence-corrected chi connectivity index (χ2v) is 5.48. The molecule has 0 bridgehead atoms. The predicted octanol–water partition coefficient (Wildman–Crippen LogP) is 2.37. The number of carbonyl (C=O) groups excluding carboxylic acids is 1. The molecule has 0 aromatic heterocycles. The molecule has 0 radical (unpaired) electrons. The van der Waals surface area contributed by atoms with Crippen molar-refractivity contribution in [3.8, 4) is 5.75 Å². The number of alkyl halides is 2. The summed E-state index contributed by atoms with van der Waals surface area (Å²) >= 11 is 0. The number of hydrogen-bond acceptors (Lipinski definition) is 3. The quantitative estimate of drug-likeness (QED) is 0.928. The SMILES string of the molecule is COc1cccc([C@@H]2C[C@@H](O)CN2C(=O)CC(C)(F)F)c1. The highest BCUT2D eigenvalue weighted by Gasteiger charge is 2.38. The molecular weight excluding hydrogens is 280 g/mol. The van der Waals surface area contributed by atoms with Gasteiger partial charge in [0, 0.05) is 6.54 Å². The first-order chi connectivity index (χ1) is 9.80. The van der Waals surface area contributed by atoms with E-state index in [1.165, 1.54) is 12.0 Å². The zero-order valence-corrected chi connectivity index (χ0v) is 12.1. The number of benzene rings is 1. The fraction of sp³-hybridized carbons (Fsp3) is 0.533. The molecule has 2 atom stereocenters. The van der Waals surface area contributed by atoms with Gasteiger partial charge in [0.1, 0.15) is 5.75 Å². The predicted molar refractivity (Wildman–Crippen MR) is 73.3 cm³/mol. The lowest BCUT2D eigenvalue weighted by atomic mass is 10.0. The third-order valence-electron chi connectivity index (χ3n) is 3.54. The van der Waals surface area contributed by atoms with Crippen molar-refractivity contribution in [3.63, 3.8) is 0 Å². The van der Waals surface area contributed by atoms with E-state index in [1.807, 2.05) is 0 Å². The van der Waals surface area contributed by atoms with E-state index < -0.39 is 30.4 Å². The summed E-state index contributed by atoms with van der Waals surface area (Å²) in [5, 5.41) is 9.79. The summed E-state index contributed by atoms with van der Waals surface area (Å²) in [6.07, 6.45) is -1.20. The van der Waals surface area contributed by atoms with Gasteiger partial charge in [0.25, 0.3) is 5.92 Å². The van der Waals surface area contributed by atoms with Gasteiger partial charge >= 0.3 is 0 Å². The van der Waals surface area contributed by atoms with Crippen LogP contribution in [0.25, 0.3) is 0 Å². The first-order valence-electron chi connectivity index (χ1n) is 6.79. The first kappa shape index (κ1) is 15.7. The van der Waals surface area contributed by atoms with Gasteiger partial charge in [0.15, 0.2) is 0 Å². The van der Waals surface area contributed by atoms with E-state index in [4.69, 9.17) is 4.74 Å². The van der Waals surface area contributed by atoms with E-state index in [1.54, 1.807) is 24.3 Å². The maximum absolute atomic E-state index is 13.0. The van der Waals surface area contributed by atoms with Crippen LogP contribution >= 0.6 is 0 Å². The standard InChI is InChI=1S/C15H19F2NO3/c1-15(16,17)8-14(20)18-9-11(19)7-13(18)10-4-3-5-12(6-10)21-2/h3-6,11,13,19H,7-9H2,1-2H3/t11-,13+/m1/s1. The molecule has 116 valence electrons. The number of carbonyl (C=O) groups is 1. The molecular formula is C15H19F2NO3. The third kappa shape index (κ3) is 3.91. The van der Waals surface area contributed by atoms with Crippen molar-refractivity contribution in [2.45, 2.75) is 37.8 Å². The minimum absolute atomic E-state index is 0.0801. The Bertz CT molecular complexity index is 516. The first-order valence-corrected chi connectivity index (χ1v) is 6.79. The number of rotatable bonds is 4. The molecule has 0 aliphatic carbocycles. The maximum atomic E-state index is 13.0. The lowest BCUT2D eigenvalue weighted by molar-refractivity contribution is -0.139. The molecule has 1 N–H and O–H groups in total. The van der Waals surface area contributed by atoms with Gasteiger partial charge < -0.3 is 14.7 Å². The molecule has 1 heterocycles. The summed E-state index contributed by atoms with van der Waals surface area (Å²) in [5.74, 6) is -3.07. The normalized spacial score (nSPS) is 22.4. The summed E-state index contributed by atoms with van der Waals surface area (Å²) in [7, 11) is 1.53. The Labute approximate surface area is 122 Å². The molecule has 0 saturated carbocycles. The van der Waals surface area contributed by atoms with Gasteiger partial charge in [-0.3, -0.25) is 4.79 Å². The number of amides is 1. The van der Waals surface area contributed by atoms with Crippen molar-refractivity contribution in [2.75, 3.05) is 13.7 Å². The van der Waals surface area contributed by atoms with E-state index >= 15 is 0 Å². The highest BCUT2D eigenvalue weighted by atomic mass is 19.3. The van der Waals surface area contributed by atoms with Crippen LogP contribution in [0.5, 0.6) is 5.75 Å². The Balaban J connectivity index is 2.21. The van der Waals surface area contributed by atoms with Gasteiger partial charge in [-0.1, -0.05) is 12.1 Å². The fourth-order valence-corrected chi connectivity index (χ4v) is 2.62. The molecule has 21 heavy (non-hydrogen) atoms. The molecule has 1 aromatic rings. The van der Waals surface area contributed by atoms with Gasteiger partial charge in [-0.2, -0.15) is 0 Å². The van der Waals surface area contributed by atoms with E-state index in [9.17, 15) is 18.7 Å². The number of aliphatic hydroxyl groups excluding tert-OH is 1. The summed E-state index contributed by atoms with van der Waals surface area (Å²) < 4.78 is 31.2. The van der Waals surface area contributed by atoms with Crippen LogP contribution in [0.4, 0.5) is 8.78 Å². The smallest absolute Gasteiger partial charge is 0.254 e. The van der Waals surface area contributed by atoms with Gasteiger partial charge in [0.2, 0.25) is 5.91 Å². The lowest BCUT2D eigenvalue weighted by Crippen LogP contribution is -2.35. The Morgan fingerprint density at radius 2 is 2.24 bits per heavy atom. The van der Waals surface area contributed by atoms with Gasteiger partial charge in [-0.05, 0) is 31.0 Å². The number of halogens is 2. The molecule has 1 fully saturated rings. The number of aliphatic hydroxyl groups is 1. The average molecular weight is 299 g/mol. The Morgan fingerprint density at radius 3 is 2.86 bits per heavy atom. The van der Waals surface area contributed by atoms with Crippen LogP contribution in [0.2, 0.25) is 0 Å². The highest BCUT2D eigenvalue weighted by Crippen LogP contribution is 2.35. The molecule has 1 saturated heterocycles. The van der Waals surface area contributed by atoms with Crippen molar-refractivity contribution in [1.82, 2.24) is 4.90 Å². The second kappa shape index (κ2) is 5.97. The van der Waals surface area contributed by atoms with E-state index in [-0.39, 0.29) is 6.54 Å². The van der Waals surface area contributed by atoms with Crippen molar-refractivity contribution < 1.29 is 23.4 Å². The third-order valence-corrected chi connectivity index (χ3v) is 3.54. The maximum Gasteiger partial charge on any atom is 0.254 e. The van der Waals surface area contributed by atoms with Gasteiger partial charge in [0.05, 0.1) is 25.7 Å². The molecule has 1 aliphatic rings. The van der Waals surface area contributed by atoms with Crippen molar-refractivity contribution in [1.29, 1.82) is 0 Å². The summed E-state index contributed by atoms with van der Waals surface area (Å²) in [4.78, 5) is 13.4. The van der Waals surface area contributed by atoms with E-state index in [2.05, 4.69) is 0 Å². The van der Waals surface area contributed by atoms with Crippen LogP contribution in [-0.2, 0) is 4.79 Å². The largest absolute Gasteiger partial charge is 0.497 e. The summed E-state index contributed by atoms with van der Waals surface area (Å²) in [6, 6.07) is 6.70. The molecule has 2 rings (SSSR count). The minimum Gasteiger partial charge on any atom is -0.497 e. The van der Waals surface area contributed by atoms with Crippen molar-refractivity contribution >= 4 is 5.91 Å². The lowest BCUT2D eigenvalue weighted by Gasteiger charge is -2.26. The summed E-state index contributed by atoms with van der Waals surface area (Å²) in [6.45, 7) is 0.800. The van der Waals surface area contributed by atoms with Crippen LogP contribution in [-0.4, -0.2) is 41.6 Å². The number of ether oxygens (including phenoxy) is 1. The number of hydrogen-bond donors (Lipinski definition) is 1. The number of likely N-dealkylation sites (tertiary alicyclic amines) is 1. The highest BCUT2D eigenvalue weighted by molar-refractivity contribution is 5.78. The second-order valence-electron chi connectivity index (χ2n) is 5.48. The van der Waals surface area contributed by atoms with E-state index in [0.29, 0.717) is 12.2 Å². The molecule has 0 unspecified atom stereocenters. The average Bonchev–Trinajstić information content (AvgIpc) is 2.79. The molecule has 1 aliphatic heterocycles. The zero-order valence-electron chi connectivity index (χ0n) is 12.1. The monoisotopic (exact) mass is 299 g/mol. The molecule has 0 spiro atoms. The van der Waals surface area contributed by atoms with E-state index in [0.717, 1.165) is 12.5 Å². The van der Waals surface area contributed by atoms with Crippen molar-refractivity contribution in [2.24, 2.45) is 0 Å². The van der Waals surface area contributed by atoms with Crippen LogP contribution in [0.3, 0.4) is 0 Å². The van der Waals surface area contributed by atoms with Gasteiger partial charge in [-0.25, -0.2) is 8.78 Å². The number of nitrogens with zero attached hydrogens (tertiary/aromatic N) is 1. The molecule has 1 amide bonds. The number of methoxy groups -OCH3 is 1. The van der Waals surface area contributed by atoms with Crippen molar-refractivity contribution in [3.05, 3.63) is 29.8 Å². The van der Waals surface area contributed by atoms with Gasteiger partial charge in [-0.15, -0.1) is 0 Å². The number of β-amino-alcohol motifs (C(OH)–C–C–N with tert-alkyl or cyclic N) is 1. The Kier molecular flexibility index (Phi) is 4.46. The minimum atomic E-state index is -3.05. The van der Waals surface area contributed by atoms with Crippen LogP contribution < -0.4 is 4.74 Å². The Morgan fingerprint density at radius 1 is 1.52 bits per heavy atom. The van der Waals surface area contributed by atoms with Crippen LogP contribution in [0.15, 0.2) is 24.3 Å². The topological polar surface area (TPSA) is 49.8 Å². The summed E-state index contributed by atoms with van der Waals surface area (Å²) in [5.41, 5.74) is 0.777. The van der Waals surface area contributed by atoms with Crippen LogP contribution in [0.1, 0.15) is 31.4 Å². The molecule has 1 aromatic carbocycles. The zero-order chi connectivity index (χ0) is 15.6. The fourth-order valence-electron chi connectivity index (χ4n) is 2.62. The van der Waals surface area contributed by atoms with Crippen LogP contribution in [0, 0.1) is 0 Å². The Hall–Kier alpha value is -1.69. The molecule has 6 heteroatoms. The molecule has 4 nitrogen and oxygen atoms in total.